The first-order valence-corrected chi connectivity index (χ1v) is 8.49. The quantitative estimate of drug-likeness (QED) is 0.825. The van der Waals surface area contributed by atoms with E-state index in [1.165, 1.54) is 14.2 Å². The van der Waals surface area contributed by atoms with Crippen LogP contribution in [0, 0.1) is 0 Å². The minimum Gasteiger partial charge on any atom is -0.496 e. The van der Waals surface area contributed by atoms with E-state index in [4.69, 9.17) is 9.47 Å². The summed E-state index contributed by atoms with van der Waals surface area (Å²) in [5.74, 6) is 0.0690. The predicted octanol–water partition coefficient (Wildman–Crippen LogP) is 3.79. The molecule has 0 saturated carbocycles. The number of hydrogen-bond donors (Lipinski definition) is 2. The monoisotopic (exact) mass is 356 g/mol. The summed E-state index contributed by atoms with van der Waals surface area (Å²) < 4.78 is 10.4. The summed E-state index contributed by atoms with van der Waals surface area (Å²) in [5.41, 5.74) is 2.95. The third-order valence-electron chi connectivity index (χ3n) is 4.12. The molecule has 0 saturated heterocycles. The molecule has 0 aliphatic rings. The minimum atomic E-state index is -0.599. The van der Waals surface area contributed by atoms with Crippen LogP contribution >= 0.6 is 0 Å². The van der Waals surface area contributed by atoms with Crippen molar-refractivity contribution in [3.63, 3.8) is 0 Å². The second-order valence-corrected chi connectivity index (χ2v) is 5.60. The highest BCUT2D eigenvalue weighted by molar-refractivity contribution is 6.10. The Bertz CT molecular complexity index is 758. The van der Waals surface area contributed by atoms with Crippen molar-refractivity contribution in [2.45, 2.75) is 26.7 Å². The van der Waals surface area contributed by atoms with Crippen LogP contribution in [-0.4, -0.2) is 26.2 Å². The molecule has 2 N–H and O–H groups in total. The fraction of sp³-hybridized carbons (Fsp3) is 0.300. The van der Waals surface area contributed by atoms with Crippen LogP contribution in [0.5, 0.6) is 11.5 Å². The number of imide groups is 1. The number of carbonyl (C=O) groups excluding carboxylic acids is 2. The molecule has 0 bridgehead atoms. The number of aryl methyl sites for hydroxylation is 2. The van der Waals surface area contributed by atoms with Gasteiger partial charge in [0.05, 0.1) is 14.2 Å². The van der Waals surface area contributed by atoms with Crippen molar-refractivity contribution in [3.8, 4) is 11.5 Å². The summed E-state index contributed by atoms with van der Waals surface area (Å²) in [6, 6.07) is 10.3. The molecule has 0 heterocycles. The predicted molar refractivity (Wildman–Crippen MR) is 101 cm³/mol. The Morgan fingerprint density at radius 3 is 1.85 bits per heavy atom. The van der Waals surface area contributed by atoms with Crippen LogP contribution in [0.4, 0.5) is 10.5 Å². The number of carbonyl (C=O) groups is 2. The Labute approximate surface area is 153 Å². The highest BCUT2D eigenvalue weighted by atomic mass is 16.5. The van der Waals surface area contributed by atoms with E-state index in [0.29, 0.717) is 11.5 Å². The van der Waals surface area contributed by atoms with Crippen LogP contribution < -0.4 is 20.1 Å². The average Bonchev–Trinajstić information content (AvgIpc) is 2.67. The third kappa shape index (κ3) is 4.14. The van der Waals surface area contributed by atoms with Gasteiger partial charge in [-0.15, -0.1) is 0 Å². The van der Waals surface area contributed by atoms with E-state index in [1.807, 2.05) is 32.0 Å². The number of para-hydroxylation sites is 1. The highest BCUT2D eigenvalue weighted by Crippen LogP contribution is 2.28. The molecule has 26 heavy (non-hydrogen) atoms. The van der Waals surface area contributed by atoms with Gasteiger partial charge in [-0.3, -0.25) is 10.1 Å². The van der Waals surface area contributed by atoms with Crippen molar-refractivity contribution in [3.05, 3.63) is 53.1 Å². The summed E-state index contributed by atoms with van der Waals surface area (Å²) >= 11 is 0. The first-order valence-electron chi connectivity index (χ1n) is 8.49. The van der Waals surface area contributed by atoms with E-state index >= 15 is 0 Å². The van der Waals surface area contributed by atoms with Gasteiger partial charge in [0.1, 0.15) is 17.1 Å². The smallest absolute Gasteiger partial charge is 0.326 e. The molecule has 2 aromatic carbocycles. The number of anilines is 1. The van der Waals surface area contributed by atoms with Gasteiger partial charge in [-0.05, 0) is 36.1 Å². The van der Waals surface area contributed by atoms with Crippen molar-refractivity contribution in [2.24, 2.45) is 0 Å². The maximum atomic E-state index is 12.6. The van der Waals surface area contributed by atoms with E-state index < -0.39 is 11.9 Å². The molecule has 0 aliphatic heterocycles. The lowest BCUT2D eigenvalue weighted by molar-refractivity contribution is 0.0961. The summed E-state index contributed by atoms with van der Waals surface area (Å²) in [7, 11) is 2.91. The molecular weight excluding hydrogens is 332 g/mol. The van der Waals surface area contributed by atoms with Gasteiger partial charge >= 0.3 is 6.03 Å². The van der Waals surface area contributed by atoms with E-state index in [0.717, 1.165) is 29.7 Å². The van der Waals surface area contributed by atoms with Gasteiger partial charge in [0.15, 0.2) is 0 Å². The Morgan fingerprint density at radius 2 is 1.38 bits per heavy atom. The maximum Gasteiger partial charge on any atom is 0.326 e. The second-order valence-electron chi connectivity index (χ2n) is 5.60. The molecule has 0 spiro atoms. The zero-order valence-corrected chi connectivity index (χ0v) is 15.5. The third-order valence-corrected chi connectivity index (χ3v) is 4.12. The topological polar surface area (TPSA) is 76.7 Å². The number of urea groups is 1. The summed E-state index contributed by atoms with van der Waals surface area (Å²) in [4.78, 5) is 25.0. The zero-order valence-electron chi connectivity index (χ0n) is 15.5. The van der Waals surface area contributed by atoms with Crippen LogP contribution in [0.1, 0.15) is 35.3 Å². The first kappa shape index (κ1) is 19.3. The number of benzene rings is 2. The van der Waals surface area contributed by atoms with Crippen molar-refractivity contribution in [1.29, 1.82) is 0 Å². The molecule has 2 rings (SSSR count). The lowest BCUT2D eigenvalue weighted by Gasteiger charge is -2.16. The van der Waals surface area contributed by atoms with Gasteiger partial charge in [-0.25, -0.2) is 4.79 Å². The fourth-order valence-electron chi connectivity index (χ4n) is 2.79. The Morgan fingerprint density at radius 1 is 0.885 bits per heavy atom. The van der Waals surface area contributed by atoms with E-state index in [-0.39, 0.29) is 5.56 Å². The molecule has 0 atom stereocenters. The lowest BCUT2D eigenvalue weighted by Crippen LogP contribution is -2.35. The Hall–Kier alpha value is -3.02. The molecule has 6 heteroatoms. The molecule has 6 nitrogen and oxygen atoms in total. The maximum absolute atomic E-state index is 12.6. The van der Waals surface area contributed by atoms with Gasteiger partial charge < -0.3 is 14.8 Å². The van der Waals surface area contributed by atoms with E-state index in [1.54, 1.807) is 18.2 Å². The van der Waals surface area contributed by atoms with Crippen LogP contribution in [0.2, 0.25) is 0 Å². The Balaban J connectivity index is 2.23. The summed E-state index contributed by atoms with van der Waals surface area (Å²) in [6.07, 6.45) is 1.55. The number of amides is 3. The first-order chi connectivity index (χ1) is 12.5. The highest BCUT2D eigenvalue weighted by Gasteiger charge is 2.21. The number of nitrogens with one attached hydrogen (secondary N) is 2. The van der Waals surface area contributed by atoms with Crippen LogP contribution in [-0.2, 0) is 12.8 Å². The summed E-state index contributed by atoms with van der Waals surface area (Å²) in [5, 5.41) is 5.15. The van der Waals surface area contributed by atoms with Crippen molar-refractivity contribution in [1.82, 2.24) is 5.32 Å². The lowest BCUT2D eigenvalue weighted by atomic mass is 10.0. The normalized spacial score (nSPS) is 10.2. The van der Waals surface area contributed by atoms with Gasteiger partial charge in [0, 0.05) is 5.69 Å². The van der Waals surface area contributed by atoms with Gasteiger partial charge in [0.25, 0.3) is 5.91 Å². The van der Waals surface area contributed by atoms with Gasteiger partial charge in [0.2, 0.25) is 0 Å². The van der Waals surface area contributed by atoms with Crippen LogP contribution in [0.15, 0.2) is 36.4 Å². The van der Waals surface area contributed by atoms with Crippen molar-refractivity contribution in [2.75, 3.05) is 19.5 Å². The average molecular weight is 356 g/mol. The molecule has 0 aliphatic carbocycles. The second kappa shape index (κ2) is 8.89. The molecular formula is C20H24N2O4. The molecule has 0 fully saturated rings. The molecule has 0 radical (unpaired) electrons. The number of ether oxygens (including phenoxy) is 2. The van der Waals surface area contributed by atoms with Gasteiger partial charge in [-0.2, -0.15) is 0 Å². The standard InChI is InChI=1S/C20H24N2O4/c1-5-13-9-7-10-14(6-2)18(13)21-20(24)22-19(23)17-15(25-3)11-8-12-16(17)26-4/h7-12H,5-6H2,1-4H3,(H2,21,22,23,24). The summed E-state index contributed by atoms with van der Waals surface area (Å²) in [6.45, 7) is 4.03. The van der Waals surface area contributed by atoms with E-state index in [2.05, 4.69) is 10.6 Å². The number of methoxy groups -OCH3 is 2. The molecule has 0 unspecified atom stereocenters. The number of hydrogen-bond acceptors (Lipinski definition) is 4. The molecule has 138 valence electrons. The molecule has 0 aromatic heterocycles. The van der Waals surface area contributed by atoms with Crippen LogP contribution in [0.25, 0.3) is 0 Å². The van der Waals surface area contributed by atoms with Crippen LogP contribution in [0.3, 0.4) is 0 Å². The molecule has 2 aromatic rings. The SMILES string of the molecule is CCc1cccc(CC)c1NC(=O)NC(=O)c1c(OC)cccc1OC. The largest absolute Gasteiger partial charge is 0.496 e. The zero-order chi connectivity index (χ0) is 19.1. The van der Waals surface area contributed by atoms with Crippen molar-refractivity contribution < 1.29 is 19.1 Å². The number of rotatable bonds is 6. The fourth-order valence-corrected chi connectivity index (χ4v) is 2.79. The molecule has 3 amide bonds. The minimum absolute atomic E-state index is 0.173. The van der Waals surface area contributed by atoms with E-state index in [9.17, 15) is 9.59 Å². The Kier molecular flexibility index (Phi) is 6.60. The van der Waals surface area contributed by atoms with Crippen molar-refractivity contribution >= 4 is 17.6 Å². The van der Waals surface area contributed by atoms with Gasteiger partial charge in [-0.1, -0.05) is 38.1 Å².